The molecule has 3 heterocycles. The molecule has 4 aromatic rings. The summed E-state index contributed by atoms with van der Waals surface area (Å²) in [7, 11) is 4.70. The van der Waals surface area contributed by atoms with E-state index in [-0.39, 0.29) is 0 Å². The van der Waals surface area contributed by atoms with Gasteiger partial charge in [-0.3, -0.25) is 9.29 Å². The van der Waals surface area contributed by atoms with Crippen molar-refractivity contribution in [3.63, 3.8) is 0 Å². The Kier molecular flexibility index (Phi) is 7.64. The molecule has 0 radical (unpaired) electrons. The maximum Gasteiger partial charge on any atom is 0.240 e. The quantitative estimate of drug-likeness (QED) is 0.316. The number of benzene rings is 1. The number of hydrogen-bond donors (Lipinski definition) is 1. The summed E-state index contributed by atoms with van der Waals surface area (Å²) in [5.41, 5.74) is 1.91. The van der Waals surface area contributed by atoms with E-state index < -0.39 is 5.82 Å². The average Bonchev–Trinajstić information content (AvgIpc) is 3.34. The smallest absolute Gasteiger partial charge is 0.240 e. The van der Waals surface area contributed by atoms with Crippen LogP contribution in [0.4, 0.5) is 10.3 Å². The van der Waals surface area contributed by atoms with E-state index in [9.17, 15) is 4.39 Å². The zero-order valence-electron chi connectivity index (χ0n) is 20.3. The second kappa shape index (κ2) is 11.0. The highest BCUT2D eigenvalue weighted by atomic mass is 32.2. The number of anilines is 1. The van der Waals surface area contributed by atoms with Gasteiger partial charge < -0.3 is 14.2 Å². The Labute approximate surface area is 211 Å². The number of aromatic nitrogens is 6. The van der Waals surface area contributed by atoms with Gasteiger partial charge in [0.25, 0.3) is 0 Å². The van der Waals surface area contributed by atoms with Crippen molar-refractivity contribution >= 4 is 23.5 Å². The predicted octanol–water partition coefficient (Wildman–Crippen LogP) is 4.80. The second-order valence-corrected chi connectivity index (χ2v) is 8.39. The van der Waals surface area contributed by atoms with Crippen LogP contribution >= 0.6 is 11.9 Å². The summed E-state index contributed by atoms with van der Waals surface area (Å²) in [5.74, 6) is 2.31. The number of ether oxygens (including phenoxy) is 3. The minimum atomic E-state index is -0.493. The van der Waals surface area contributed by atoms with Crippen molar-refractivity contribution in [3.05, 3.63) is 65.3 Å². The molecule has 0 amide bonds. The molecule has 10 nitrogen and oxygen atoms in total. The SMILES string of the molecule is COc1cccc(-c2nnc(NS/C(C)=C(\C)c3ncc(F)cn3)n2-c2c(OC)cccc2OC)n1. The minimum absolute atomic E-state index is 0.398. The lowest BCUT2D eigenvalue weighted by atomic mass is 10.2. The molecule has 0 bridgehead atoms. The third-order valence-corrected chi connectivity index (χ3v) is 6.13. The van der Waals surface area contributed by atoms with E-state index >= 15 is 0 Å². The average molecular weight is 510 g/mol. The predicted molar refractivity (Wildman–Crippen MR) is 136 cm³/mol. The van der Waals surface area contributed by atoms with Crippen molar-refractivity contribution in [2.24, 2.45) is 0 Å². The number of hydrogen-bond acceptors (Lipinski definition) is 10. The Morgan fingerprint density at radius 3 is 2.22 bits per heavy atom. The van der Waals surface area contributed by atoms with Crippen LogP contribution in [0.5, 0.6) is 17.4 Å². The first kappa shape index (κ1) is 24.9. The Bertz CT molecular complexity index is 1370. The lowest BCUT2D eigenvalue weighted by molar-refractivity contribution is 0.391. The van der Waals surface area contributed by atoms with Crippen LogP contribution in [0, 0.1) is 5.82 Å². The van der Waals surface area contributed by atoms with E-state index in [1.165, 1.54) is 11.9 Å². The van der Waals surface area contributed by atoms with Gasteiger partial charge in [-0.05, 0) is 44.0 Å². The fourth-order valence-corrected chi connectivity index (χ4v) is 3.92. The summed E-state index contributed by atoms with van der Waals surface area (Å²) in [6, 6.07) is 10.8. The van der Waals surface area contributed by atoms with Gasteiger partial charge in [-0.1, -0.05) is 12.1 Å². The van der Waals surface area contributed by atoms with Crippen molar-refractivity contribution in [1.29, 1.82) is 0 Å². The number of nitrogens with one attached hydrogen (secondary N) is 1. The van der Waals surface area contributed by atoms with Crippen LogP contribution in [0.3, 0.4) is 0 Å². The largest absolute Gasteiger partial charge is 0.494 e. The third-order valence-electron chi connectivity index (χ3n) is 5.23. The minimum Gasteiger partial charge on any atom is -0.494 e. The van der Waals surface area contributed by atoms with Gasteiger partial charge in [0.15, 0.2) is 17.5 Å². The molecule has 12 heteroatoms. The van der Waals surface area contributed by atoms with Crippen molar-refractivity contribution in [2.45, 2.75) is 13.8 Å². The summed E-state index contributed by atoms with van der Waals surface area (Å²) in [6.45, 7) is 3.76. The first-order valence-electron chi connectivity index (χ1n) is 10.7. The van der Waals surface area contributed by atoms with Gasteiger partial charge in [-0.2, -0.15) is 0 Å². The molecule has 1 N–H and O–H groups in total. The molecule has 0 unspecified atom stereocenters. The van der Waals surface area contributed by atoms with Crippen molar-refractivity contribution in [1.82, 2.24) is 29.7 Å². The second-order valence-electron chi connectivity index (χ2n) is 7.37. The molecular formula is C24H24FN7O3S. The van der Waals surface area contributed by atoms with Crippen molar-refractivity contribution in [3.8, 4) is 34.6 Å². The Balaban J connectivity index is 1.80. The van der Waals surface area contributed by atoms with E-state index in [0.29, 0.717) is 46.4 Å². The monoisotopic (exact) mass is 509 g/mol. The Morgan fingerprint density at radius 2 is 1.58 bits per heavy atom. The normalized spacial score (nSPS) is 11.6. The van der Waals surface area contributed by atoms with Gasteiger partial charge in [0.05, 0.1) is 33.7 Å². The molecule has 0 aliphatic heterocycles. The van der Waals surface area contributed by atoms with Crippen LogP contribution in [0.1, 0.15) is 19.7 Å². The third kappa shape index (κ3) is 5.08. The molecule has 0 spiro atoms. The molecule has 36 heavy (non-hydrogen) atoms. The summed E-state index contributed by atoms with van der Waals surface area (Å²) >= 11 is 1.29. The Hall–Kier alpha value is -4.19. The first-order valence-corrected chi connectivity index (χ1v) is 11.5. The number of allylic oxidation sites excluding steroid dienone is 2. The van der Waals surface area contributed by atoms with Crippen molar-refractivity contribution < 1.29 is 18.6 Å². The molecule has 0 saturated carbocycles. The van der Waals surface area contributed by atoms with Crippen LogP contribution in [0.2, 0.25) is 0 Å². The van der Waals surface area contributed by atoms with Gasteiger partial charge >= 0.3 is 0 Å². The first-order chi connectivity index (χ1) is 17.5. The highest BCUT2D eigenvalue weighted by Gasteiger charge is 2.23. The number of rotatable bonds is 9. The van der Waals surface area contributed by atoms with Crippen LogP contribution in [-0.4, -0.2) is 51.0 Å². The molecule has 0 aliphatic carbocycles. The van der Waals surface area contributed by atoms with Gasteiger partial charge in [0.1, 0.15) is 22.9 Å². The van der Waals surface area contributed by atoms with Gasteiger partial charge in [0, 0.05) is 16.5 Å². The zero-order chi connectivity index (χ0) is 25.7. The molecular weight excluding hydrogens is 485 g/mol. The standard InChI is InChI=1S/C24H24FN7O3S/c1-14(22-26-12-16(25)13-27-22)15(2)36-31-24-30-29-23(17-8-6-11-20(28-17)35-5)32(24)21-18(33-3)9-7-10-19(21)34-4/h6-13H,1-5H3,(H,30,31)/b15-14+. The van der Waals surface area contributed by atoms with Gasteiger partial charge in [0.2, 0.25) is 11.8 Å². The number of para-hydroxylation sites is 1. The van der Waals surface area contributed by atoms with E-state index in [1.54, 1.807) is 32.0 Å². The molecule has 4 rings (SSSR count). The fourth-order valence-electron chi connectivity index (χ4n) is 3.30. The number of halogens is 1. The Morgan fingerprint density at radius 1 is 0.917 bits per heavy atom. The van der Waals surface area contributed by atoms with Crippen LogP contribution < -0.4 is 18.9 Å². The molecule has 0 atom stereocenters. The maximum atomic E-state index is 13.2. The summed E-state index contributed by atoms with van der Waals surface area (Å²) in [5, 5.41) is 8.78. The van der Waals surface area contributed by atoms with E-state index in [0.717, 1.165) is 22.9 Å². The maximum absolute atomic E-state index is 13.2. The van der Waals surface area contributed by atoms with E-state index in [4.69, 9.17) is 14.2 Å². The molecule has 0 saturated heterocycles. The van der Waals surface area contributed by atoms with Crippen molar-refractivity contribution in [2.75, 3.05) is 26.1 Å². The molecule has 0 aliphatic rings. The molecule has 1 aromatic carbocycles. The molecule has 3 aromatic heterocycles. The topological polar surface area (TPSA) is 109 Å². The summed E-state index contributed by atoms with van der Waals surface area (Å²) < 4.78 is 34.8. The van der Waals surface area contributed by atoms with Crippen LogP contribution in [-0.2, 0) is 0 Å². The van der Waals surface area contributed by atoms with Crippen LogP contribution in [0.15, 0.2) is 53.7 Å². The number of pyridine rings is 1. The fraction of sp³-hybridized carbons (Fsp3) is 0.208. The summed E-state index contributed by atoms with van der Waals surface area (Å²) in [6.07, 6.45) is 2.27. The summed E-state index contributed by atoms with van der Waals surface area (Å²) in [4.78, 5) is 13.5. The highest BCUT2D eigenvalue weighted by Crippen LogP contribution is 2.38. The number of nitrogens with zero attached hydrogens (tertiary/aromatic N) is 6. The molecule has 0 fully saturated rings. The number of methoxy groups -OCH3 is 3. The highest BCUT2D eigenvalue weighted by molar-refractivity contribution is 8.04. The lowest BCUT2D eigenvalue weighted by Crippen LogP contribution is -2.07. The van der Waals surface area contributed by atoms with Crippen LogP contribution in [0.25, 0.3) is 22.8 Å². The van der Waals surface area contributed by atoms with E-state index in [2.05, 4.69) is 29.9 Å². The molecule has 186 valence electrons. The lowest BCUT2D eigenvalue weighted by Gasteiger charge is -2.17. The van der Waals surface area contributed by atoms with E-state index in [1.807, 2.05) is 44.2 Å². The zero-order valence-corrected chi connectivity index (χ0v) is 21.1. The van der Waals surface area contributed by atoms with Gasteiger partial charge in [-0.25, -0.2) is 19.3 Å². The van der Waals surface area contributed by atoms with Gasteiger partial charge in [-0.15, -0.1) is 10.2 Å².